The van der Waals surface area contributed by atoms with Crippen LogP contribution in [0.25, 0.3) is 0 Å². The fourth-order valence-electron chi connectivity index (χ4n) is 0.860. The van der Waals surface area contributed by atoms with E-state index in [4.69, 9.17) is 5.14 Å². The predicted molar refractivity (Wildman–Crippen MR) is 45.8 cm³/mol. The van der Waals surface area contributed by atoms with Crippen LogP contribution in [0.4, 0.5) is 4.39 Å². The molecule has 0 amide bonds. The van der Waals surface area contributed by atoms with Crippen molar-refractivity contribution in [1.82, 2.24) is 0 Å². The van der Waals surface area contributed by atoms with Crippen LogP contribution in [-0.2, 0) is 6.42 Å². The molecule has 0 aliphatic heterocycles. The first kappa shape index (κ1) is 8.56. The van der Waals surface area contributed by atoms with Gasteiger partial charge in [-0.05, 0) is 36.1 Å². The first-order valence-electron chi connectivity index (χ1n) is 3.43. The van der Waals surface area contributed by atoms with E-state index in [0.717, 1.165) is 23.9 Å². The summed E-state index contributed by atoms with van der Waals surface area (Å²) in [6, 6.07) is 5.12. The average Bonchev–Trinajstić information content (AvgIpc) is 2.04. The third-order valence-corrected chi connectivity index (χ3v) is 2.12. The number of hydrogen-bond acceptors (Lipinski definition) is 2. The van der Waals surface area contributed by atoms with Gasteiger partial charge in [-0.15, -0.1) is 0 Å². The zero-order chi connectivity index (χ0) is 8.27. The lowest BCUT2D eigenvalue weighted by Gasteiger charge is -2.00. The minimum Gasteiger partial charge on any atom is -0.274 e. The van der Waals surface area contributed by atoms with Gasteiger partial charge in [0.25, 0.3) is 0 Å². The van der Waals surface area contributed by atoms with Crippen molar-refractivity contribution in [2.45, 2.75) is 18.2 Å². The Morgan fingerprint density at radius 3 is 2.73 bits per heavy atom. The molecule has 11 heavy (non-hydrogen) atoms. The Kier molecular flexibility index (Phi) is 2.91. The first-order chi connectivity index (χ1) is 5.27. The van der Waals surface area contributed by atoms with Gasteiger partial charge in [-0.3, -0.25) is 5.14 Å². The maximum absolute atomic E-state index is 12.9. The largest absolute Gasteiger partial charge is 0.274 e. The molecule has 2 N–H and O–H groups in total. The molecule has 0 unspecified atom stereocenters. The summed E-state index contributed by atoms with van der Waals surface area (Å²) in [4.78, 5) is 0.502. The highest BCUT2D eigenvalue weighted by molar-refractivity contribution is 7.97. The molecule has 0 radical (unpaired) electrons. The number of hydrogen-bond donors (Lipinski definition) is 1. The maximum atomic E-state index is 12.9. The van der Waals surface area contributed by atoms with Crippen molar-refractivity contribution in [2.75, 3.05) is 0 Å². The summed E-state index contributed by atoms with van der Waals surface area (Å²) < 4.78 is 12.9. The van der Waals surface area contributed by atoms with Crippen molar-refractivity contribution in [1.29, 1.82) is 0 Å². The molecule has 0 saturated carbocycles. The Hall–Kier alpha value is -0.540. The summed E-state index contributed by atoms with van der Waals surface area (Å²) in [5, 5.41) is 5.22. The van der Waals surface area contributed by atoms with Crippen molar-refractivity contribution in [3.63, 3.8) is 0 Å². The molecule has 0 saturated heterocycles. The van der Waals surface area contributed by atoms with Gasteiger partial charge in [0.2, 0.25) is 0 Å². The molecule has 0 bridgehead atoms. The minimum absolute atomic E-state index is 0.225. The van der Waals surface area contributed by atoms with Crippen LogP contribution in [0, 0.1) is 5.82 Å². The number of rotatable bonds is 2. The normalized spacial score (nSPS) is 10.1. The fourth-order valence-corrected chi connectivity index (χ4v) is 1.18. The average molecular weight is 171 g/mol. The molecule has 1 rings (SSSR count). The zero-order valence-corrected chi connectivity index (χ0v) is 7.12. The maximum Gasteiger partial charge on any atom is 0.138 e. The van der Waals surface area contributed by atoms with Gasteiger partial charge in [-0.25, -0.2) is 4.39 Å². The molecule has 3 heteroatoms. The smallest absolute Gasteiger partial charge is 0.138 e. The zero-order valence-electron chi connectivity index (χ0n) is 6.30. The van der Waals surface area contributed by atoms with Crippen LogP contribution < -0.4 is 5.14 Å². The SMILES string of the molecule is CCc1ccc(SN)c(F)c1. The molecule has 0 spiro atoms. The van der Waals surface area contributed by atoms with Crippen LogP contribution in [0.2, 0.25) is 0 Å². The molecular formula is C8H10FNS. The van der Waals surface area contributed by atoms with Crippen LogP contribution in [0.15, 0.2) is 23.1 Å². The summed E-state index contributed by atoms with van der Waals surface area (Å²) in [6.07, 6.45) is 0.854. The third kappa shape index (κ3) is 1.94. The Morgan fingerprint density at radius 2 is 2.27 bits per heavy atom. The first-order valence-corrected chi connectivity index (χ1v) is 4.31. The molecule has 0 atom stereocenters. The Morgan fingerprint density at radius 1 is 1.55 bits per heavy atom. The van der Waals surface area contributed by atoms with Crippen LogP contribution in [-0.4, -0.2) is 0 Å². The molecule has 1 aromatic carbocycles. The van der Waals surface area contributed by atoms with Crippen molar-refractivity contribution >= 4 is 11.9 Å². The topological polar surface area (TPSA) is 26.0 Å². The second kappa shape index (κ2) is 3.74. The quantitative estimate of drug-likeness (QED) is 0.691. The van der Waals surface area contributed by atoms with Gasteiger partial charge in [-0.1, -0.05) is 13.0 Å². The van der Waals surface area contributed by atoms with Crippen molar-refractivity contribution in [2.24, 2.45) is 5.14 Å². The molecule has 0 heterocycles. The van der Waals surface area contributed by atoms with Crippen LogP contribution >= 0.6 is 11.9 Å². The molecule has 0 aliphatic carbocycles. The van der Waals surface area contributed by atoms with E-state index in [-0.39, 0.29) is 5.82 Å². The lowest BCUT2D eigenvalue weighted by molar-refractivity contribution is 0.600. The van der Waals surface area contributed by atoms with Crippen molar-refractivity contribution in [3.8, 4) is 0 Å². The van der Waals surface area contributed by atoms with E-state index in [0.29, 0.717) is 4.90 Å². The predicted octanol–water partition coefficient (Wildman–Crippen LogP) is 2.35. The van der Waals surface area contributed by atoms with Gasteiger partial charge < -0.3 is 0 Å². The Balaban J connectivity index is 2.99. The van der Waals surface area contributed by atoms with Gasteiger partial charge in [0.05, 0.1) is 4.90 Å². The highest BCUT2D eigenvalue weighted by Crippen LogP contribution is 2.17. The van der Waals surface area contributed by atoms with Gasteiger partial charge >= 0.3 is 0 Å². The van der Waals surface area contributed by atoms with E-state index in [1.165, 1.54) is 6.07 Å². The summed E-state index contributed by atoms with van der Waals surface area (Å²) in [5.74, 6) is -0.225. The third-order valence-electron chi connectivity index (χ3n) is 1.53. The number of halogens is 1. The summed E-state index contributed by atoms with van der Waals surface area (Å²) in [5.41, 5.74) is 1.00. The van der Waals surface area contributed by atoms with Gasteiger partial charge in [-0.2, -0.15) is 0 Å². The van der Waals surface area contributed by atoms with Gasteiger partial charge in [0.15, 0.2) is 0 Å². The van der Waals surface area contributed by atoms with E-state index in [9.17, 15) is 4.39 Å². The van der Waals surface area contributed by atoms with E-state index < -0.39 is 0 Å². The molecular weight excluding hydrogens is 161 g/mol. The summed E-state index contributed by atoms with van der Waals surface area (Å²) in [7, 11) is 0. The number of benzene rings is 1. The second-order valence-corrected chi connectivity index (χ2v) is 2.91. The monoisotopic (exact) mass is 171 g/mol. The standard InChI is InChI=1S/C8H10FNS/c1-2-6-3-4-8(11-10)7(9)5-6/h3-5H,2,10H2,1H3. The lowest BCUT2D eigenvalue weighted by atomic mass is 10.2. The highest BCUT2D eigenvalue weighted by atomic mass is 32.2. The van der Waals surface area contributed by atoms with Crippen LogP contribution in [0.1, 0.15) is 12.5 Å². The molecule has 0 aliphatic rings. The molecule has 1 aromatic rings. The number of nitrogens with two attached hydrogens (primary N) is 1. The molecule has 0 aromatic heterocycles. The summed E-state index contributed by atoms with van der Waals surface area (Å²) in [6.45, 7) is 1.99. The van der Waals surface area contributed by atoms with Crippen LogP contribution in [0.5, 0.6) is 0 Å². The van der Waals surface area contributed by atoms with E-state index >= 15 is 0 Å². The summed E-state index contributed by atoms with van der Waals surface area (Å²) >= 11 is 0.940. The molecule has 0 fully saturated rings. The molecule has 60 valence electrons. The highest BCUT2D eigenvalue weighted by Gasteiger charge is 2.00. The molecule has 1 nitrogen and oxygen atoms in total. The fraction of sp³-hybridized carbons (Fsp3) is 0.250. The number of aryl methyl sites for hydroxylation is 1. The van der Waals surface area contributed by atoms with Crippen molar-refractivity contribution in [3.05, 3.63) is 29.6 Å². The lowest BCUT2D eigenvalue weighted by Crippen LogP contribution is -1.88. The van der Waals surface area contributed by atoms with Crippen molar-refractivity contribution < 1.29 is 4.39 Å². The second-order valence-electron chi connectivity index (χ2n) is 2.24. The van der Waals surface area contributed by atoms with Gasteiger partial charge in [0.1, 0.15) is 5.82 Å². The van der Waals surface area contributed by atoms with E-state index in [1.54, 1.807) is 6.07 Å². The minimum atomic E-state index is -0.225. The Labute approximate surface area is 69.9 Å². The van der Waals surface area contributed by atoms with Crippen LogP contribution in [0.3, 0.4) is 0 Å². The van der Waals surface area contributed by atoms with E-state index in [2.05, 4.69) is 0 Å². The van der Waals surface area contributed by atoms with E-state index in [1.807, 2.05) is 13.0 Å². The Bertz CT molecular complexity index is 250. The van der Waals surface area contributed by atoms with Gasteiger partial charge in [0, 0.05) is 0 Å².